The van der Waals surface area contributed by atoms with E-state index in [1.807, 2.05) is 12.1 Å². The summed E-state index contributed by atoms with van der Waals surface area (Å²) in [5, 5.41) is 0.607. The van der Waals surface area contributed by atoms with E-state index in [1.54, 1.807) is 19.4 Å². The minimum Gasteiger partial charge on any atom is -0.492 e. The maximum absolute atomic E-state index is 12.1. The van der Waals surface area contributed by atoms with Crippen molar-refractivity contribution in [3.63, 3.8) is 0 Å². The van der Waals surface area contributed by atoms with E-state index in [9.17, 15) is 4.79 Å². The minimum absolute atomic E-state index is 0.0403. The lowest BCUT2D eigenvalue weighted by Crippen LogP contribution is -2.33. The molecule has 2 aromatic rings. The van der Waals surface area contributed by atoms with Crippen LogP contribution in [0.5, 0.6) is 5.75 Å². The summed E-state index contributed by atoms with van der Waals surface area (Å²) in [6, 6.07) is 5.51. The molecule has 0 N–H and O–H groups in total. The molecule has 3 rings (SSSR count). The second-order valence-corrected chi connectivity index (χ2v) is 5.59. The van der Waals surface area contributed by atoms with Crippen LogP contribution >= 0.6 is 0 Å². The van der Waals surface area contributed by atoms with E-state index >= 15 is 0 Å². The highest BCUT2D eigenvalue weighted by atomic mass is 16.5. The van der Waals surface area contributed by atoms with Crippen LogP contribution in [0.15, 0.2) is 29.3 Å². The monoisotopic (exact) mass is 287 g/mol. The number of likely N-dealkylation sites (tertiary alicyclic amines) is 1. The third-order valence-corrected chi connectivity index (χ3v) is 4.01. The SMILES string of the molecule is Cn1cnc2ccc(OCCN3CCCCC3)cc2c1=O. The Morgan fingerprint density at radius 3 is 2.86 bits per heavy atom. The normalized spacial score (nSPS) is 16.2. The number of aryl methyl sites for hydroxylation is 1. The van der Waals surface area contributed by atoms with Gasteiger partial charge in [-0.25, -0.2) is 4.98 Å². The molecule has 0 saturated carbocycles. The molecule has 5 nitrogen and oxygen atoms in total. The molecule has 0 aliphatic carbocycles. The van der Waals surface area contributed by atoms with Crippen LogP contribution in [-0.2, 0) is 7.05 Å². The predicted molar refractivity (Wildman–Crippen MR) is 82.8 cm³/mol. The van der Waals surface area contributed by atoms with Crippen molar-refractivity contribution < 1.29 is 4.74 Å². The van der Waals surface area contributed by atoms with Gasteiger partial charge in [-0.2, -0.15) is 0 Å². The highest BCUT2D eigenvalue weighted by molar-refractivity contribution is 5.78. The predicted octanol–water partition coefficient (Wildman–Crippen LogP) is 1.80. The van der Waals surface area contributed by atoms with Gasteiger partial charge in [0.2, 0.25) is 0 Å². The lowest BCUT2D eigenvalue weighted by Gasteiger charge is -2.26. The van der Waals surface area contributed by atoms with Crippen molar-refractivity contribution in [1.82, 2.24) is 14.5 Å². The molecule has 5 heteroatoms. The summed E-state index contributed by atoms with van der Waals surface area (Å²) in [6.45, 7) is 3.95. The van der Waals surface area contributed by atoms with Crippen molar-refractivity contribution in [1.29, 1.82) is 0 Å². The van der Waals surface area contributed by atoms with Gasteiger partial charge in [-0.1, -0.05) is 6.42 Å². The third-order valence-electron chi connectivity index (χ3n) is 4.01. The Labute approximate surface area is 124 Å². The van der Waals surface area contributed by atoms with Crippen molar-refractivity contribution in [3.8, 4) is 5.75 Å². The number of hydrogen-bond acceptors (Lipinski definition) is 4. The molecule has 1 aromatic heterocycles. The van der Waals surface area contributed by atoms with Crippen LogP contribution in [-0.4, -0.2) is 40.7 Å². The maximum atomic E-state index is 12.1. The molecule has 1 aliphatic heterocycles. The molecular formula is C16H21N3O2. The lowest BCUT2D eigenvalue weighted by molar-refractivity contribution is 0.183. The van der Waals surface area contributed by atoms with E-state index in [1.165, 1.54) is 36.9 Å². The molecular weight excluding hydrogens is 266 g/mol. The Morgan fingerprint density at radius 1 is 1.24 bits per heavy atom. The van der Waals surface area contributed by atoms with Crippen molar-refractivity contribution >= 4 is 10.9 Å². The average molecular weight is 287 g/mol. The number of aromatic nitrogens is 2. The molecule has 21 heavy (non-hydrogen) atoms. The highest BCUT2D eigenvalue weighted by Crippen LogP contribution is 2.16. The van der Waals surface area contributed by atoms with Gasteiger partial charge in [0.25, 0.3) is 5.56 Å². The van der Waals surface area contributed by atoms with Gasteiger partial charge < -0.3 is 9.30 Å². The first-order chi connectivity index (χ1) is 10.2. The highest BCUT2D eigenvalue weighted by Gasteiger charge is 2.10. The smallest absolute Gasteiger partial charge is 0.261 e. The number of nitrogens with zero attached hydrogens (tertiary/aromatic N) is 3. The van der Waals surface area contributed by atoms with Gasteiger partial charge in [-0.3, -0.25) is 9.69 Å². The van der Waals surface area contributed by atoms with E-state index in [-0.39, 0.29) is 5.56 Å². The van der Waals surface area contributed by atoms with Gasteiger partial charge in [-0.05, 0) is 44.1 Å². The second kappa shape index (κ2) is 6.26. The van der Waals surface area contributed by atoms with Crippen LogP contribution in [0.1, 0.15) is 19.3 Å². The number of hydrogen-bond donors (Lipinski definition) is 0. The third kappa shape index (κ3) is 3.24. The van der Waals surface area contributed by atoms with Gasteiger partial charge in [-0.15, -0.1) is 0 Å². The zero-order chi connectivity index (χ0) is 14.7. The lowest BCUT2D eigenvalue weighted by atomic mass is 10.1. The molecule has 0 bridgehead atoms. The van der Waals surface area contributed by atoms with Crippen LogP contribution in [0.4, 0.5) is 0 Å². The summed E-state index contributed by atoms with van der Waals surface area (Å²) >= 11 is 0. The molecule has 1 fully saturated rings. The van der Waals surface area contributed by atoms with Crippen LogP contribution in [0.3, 0.4) is 0 Å². The number of fused-ring (bicyclic) bond motifs is 1. The Kier molecular flexibility index (Phi) is 4.20. The quantitative estimate of drug-likeness (QED) is 0.860. The molecule has 112 valence electrons. The Morgan fingerprint density at radius 2 is 2.05 bits per heavy atom. The van der Waals surface area contributed by atoms with Crippen LogP contribution < -0.4 is 10.3 Å². The van der Waals surface area contributed by atoms with E-state index < -0.39 is 0 Å². The van der Waals surface area contributed by atoms with E-state index in [4.69, 9.17) is 4.74 Å². The van der Waals surface area contributed by atoms with Crippen molar-refractivity contribution in [3.05, 3.63) is 34.9 Å². The summed E-state index contributed by atoms with van der Waals surface area (Å²) < 4.78 is 7.28. The summed E-state index contributed by atoms with van der Waals surface area (Å²) in [6.07, 6.45) is 5.47. The van der Waals surface area contributed by atoms with Gasteiger partial charge >= 0.3 is 0 Å². The van der Waals surface area contributed by atoms with E-state index in [2.05, 4.69) is 9.88 Å². The van der Waals surface area contributed by atoms with Gasteiger partial charge in [0.05, 0.1) is 17.2 Å². The van der Waals surface area contributed by atoms with Crippen molar-refractivity contribution in [2.75, 3.05) is 26.2 Å². The molecule has 0 atom stereocenters. The van der Waals surface area contributed by atoms with E-state index in [0.29, 0.717) is 17.5 Å². The molecule has 0 amide bonds. The Balaban J connectivity index is 1.66. The molecule has 0 radical (unpaired) electrons. The molecule has 2 heterocycles. The molecule has 1 aromatic carbocycles. The fourth-order valence-corrected chi connectivity index (χ4v) is 2.76. The van der Waals surface area contributed by atoms with Crippen molar-refractivity contribution in [2.45, 2.75) is 19.3 Å². The van der Waals surface area contributed by atoms with E-state index in [0.717, 1.165) is 12.3 Å². The zero-order valence-corrected chi connectivity index (χ0v) is 12.4. The number of benzene rings is 1. The number of ether oxygens (including phenoxy) is 1. The fourth-order valence-electron chi connectivity index (χ4n) is 2.76. The zero-order valence-electron chi connectivity index (χ0n) is 12.4. The van der Waals surface area contributed by atoms with Crippen LogP contribution in [0.25, 0.3) is 10.9 Å². The molecule has 0 spiro atoms. The first-order valence-electron chi connectivity index (χ1n) is 7.54. The molecule has 1 aliphatic rings. The largest absolute Gasteiger partial charge is 0.492 e. The first kappa shape index (κ1) is 14.1. The van der Waals surface area contributed by atoms with Gasteiger partial charge in [0.1, 0.15) is 12.4 Å². The van der Waals surface area contributed by atoms with Crippen LogP contribution in [0.2, 0.25) is 0 Å². The number of rotatable bonds is 4. The van der Waals surface area contributed by atoms with Crippen molar-refractivity contribution in [2.24, 2.45) is 7.05 Å². The summed E-state index contributed by atoms with van der Waals surface area (Å²) in [5.74, 6) is 0.740. The Bertz CT molecular complexity index is 675. The molecule has 1 saturated heterocycles. The maximum Gasteiger partial charge on any atom is 0.261 e. The summed E-state index contributed by atoms with van der Waals surface area (Å²) in [7, 11) is 1.71. The standard InChI is InChI=1S/C16H21N3O2/c1-18-12-17-15-6-5-13(11-14(15)16(18)20)21-10-9-19-7-3-2-4-8-19/h5-6,11-12H,2-4,7-10H2,1H3. The Hall–Kier alpha value is -1.88. The first-order valence-corrected chi connectivity index (χ1v) is 7.54. The topological polar surface area (TPSA) is 47.4 Å². The van der Waals surface area contributed by atoms with Gasteiger partial charge in [0, 0.05) is 13.6 Å². The number of piperidine rings is 1. The summed E-state index contributed by atoms with van der Waals surface area (Å²) in [5.41, 5.74) is 0.669. The average Bonchev–Trinajstić information content (AvgIpc) is 2.52. The minimum atomic E-state index is -0.0403. The van der Waals surface area contributed by atoms with Gasteiger partial charge in [0.15, 0.2) is 0 Å². The second-order valence-electron chi connectivity index (χ2n) is 5.59. The summed E-state index contributed by atoms with van der Waals surface area (Å²) in [4.78, 5) is 18.7. The van der Waals surface area contributed by atoms with Crippen LogP contribution in [0, 0.1) is 0 Å². The fraction of sp³-hybridized carbons (Fsp3) is 0.500. The molecule has 0 unspecified atom stereocenters.